The third-order valence-corrected chi connectivity index (χ3v) is 4.73. The quantitative estimate of drug-likeness (QED) is 0.833. The fraction of sp³-hybridized carbons (Fsp3) is 0.750. The zero-order chi connectivity index (χ0) is 15.5. The molecule has 22 heavy (non-hydrogen) atoms. The first-order valence-corrected chi connectivity index (χ1v) is 8.15. The lowest BCUT2D eigenvalue weighted by Gasteiger charge is -2.34. The molecule has 0 spiro atoms. The maximum Gasteiger partial charge on any atom is 0.249 e. The van der Waals surface area contributed by atoms with Crippen molar-refractivity contribution in [2.45, 2.75) is 57.9 Å². The normalized spacial score (nSPS) is 22.1. The van der Waals surface area contributed by atoms with Crippen LogP contribution in [0.1, 0.15) is 50.2 Å². The number of hydrogen-bond acceptors (Lipinski definition) is 4. The molecule has 6 nitrogen and oxygen atoms in total. The predicted octanol–water partition coefficient (Wildman–Crippen LogP) is 1.89. The topological polar surface area (TPSA) is 56.6 Å². The third-order valence-electron chi connectivity index (χ3n) is 4.73. The summed E-state index contributed by atoms with van der Waals surface area (Å²) in [5.74, 6) is 1.01. The molecule has 1 fully saturated rings. The summed E-state index contributed by atoms with van der Waals surface area (Å²) >= 11 is 0. The van der Waals surface area contributed by atoms with E-state index < -0.39 is 0 Å². The molecule has 1 aliphatic carbocycles. The second kappa shape index (κ2) is 6.79. The van der Waals surface area contributed by atoms with Gasteiger partial charge in [-0.3, -0.25) is 4.79 Å². The Kier molecular flexibility index (Phi) is 4.78. The Labute approximate surface area is 131 Å². The van der Waals surface area contributed by atoms with Crippen molar-refractivity contribution < 1.29 is 14.3 Å². The lowest BCUT2D eigenvalue weighted by Crippen LogP contribution is -2.43. The van der Waals surface area contributed by atoms with E-state index in [9.17, 15) is 4.79 Å². The monoisotopic (exact) mass is 307 g/mol. The van der Waals surface area contributed by atoms with Gasteiger partial charge in [-0.25, -0.2) is 4.98 Å². The summed E-state index contributed by atoms with van der Waals surface area (Å²) in [5.41, 5.74) is 1.07. The maximum absolute atomic E-state index is 12.4. The van der Waals surface area contributed by atoms with E-state index in [0.717, 1.165) is 30.9 Å². The Morgan fingerprint density at radius 2 is 2.14 bits per heavy atom. The fourth-order valence-corrected chi connectivity index (χ4v) is 3.49. The van der Waals surface area contributed by atoms with Gasteiger partial charge in [0.25, 0.3) is 0 Å². The van der Waals surface area contributed by atoms with E-state index in [1.807, 2.05) is 18.0 Å². The largest absolute Gasteiger partial charge is 0.378 e. The van der Waals surface area contributed by atoms with Crippen molar-refractivity contribution in [3.63, 3.8) is 0 Å². The van der Waals surface area contributed by atoms with Crippen LogP contribution in [0, 0.1) is 0 Å². The molecule has 1 aromatic rings. The Bertz CT molecular complexity index is 523. The molecule has 2 heterocycles. The van der Waals surface area contributed by atoms with Gasteiger partial charge in [0.05, 0.1) is 30.6 Å². The Morgan fingerprint density at radius 1 is 1.36 bits per heavy atom. The molecule has 6 heteroatoms. The molecule has 0 aromatic carbocycles. The van der Waals surface area contributed by atoms with E-state index in [2.05, 4.69) is 9.55 Å². The third kappa shape index (κ3) is 3.03. The van der Waals surface area contributed by atoms with Crippen molar-refractivity contribution in [2.24, 2.45) is 0 Å². The van der Waals surface area contributed by atoms with Crippen LogP contribution in [0.15, 0.2) is 6.20 Å². The number of rotatable bonds is 5. The van der Waals surface area contributed by atoms with Crippen LogP contribution in [-0.2, 0) is 27.4 Å². The van der Waals surface area contributed by atoms with Crippen LogP contribution in [0.5, 0.6) is 0 Å². The molecule has 1 amide bonds. The van der Waals surface area contributed by atoms with Crippen molar-refractivity contribution in [3.05, 3.63) is 17.7 Å². The van der Waals surface area contributed by atoms with Gasteiger partial charge in [0.1, 0.15) is 12.4 Å². The standard InChI is InChI=1S/C16H25N3O3/c1-12-16-17-9-13(10-21-2)19(16)8-7-18(12)15(20)11-22-14-5-3-4-6-14/h9,12,14H,3-8,10-11H2,1-2H3. The number of carbonyl (C=O) groups is 1. The summed E-state index contributed by atoms with van der Waals surface area (Å²) in [4.78, 5) is 18.8. The van der Waals surface area contributed by atoms with Crippen molar-refractivity contribution in [2.75, 3.05) is 20.3 Å². The number of imidazole rings is 1. The van der Waals surface area contributed by atoms with Crippen LogP contribution >= 0.6 is 0 Å². The molecular formula is C16H25N3O3. The van der Waals surface area contributed by atoms with Crippen LogP contribution in [0.3, 0.4) is 0 Å². The van der Waals surface area contributed by atoms with E-state index in [1.54, 1.807) is 7.11 Å². The van der Waals surface area contributed by atoms with Gasteiger partial charge >= 0.3 is 0 Å². The first kappa shape index (κ1) is 15.5. The molecule has 1 aromatic heterocycles. The summed E-state index contributed by atoms with van der Waals surface area (Å²) in [7, 11) is 1.68. The molecule has 2 aliphatic rings. The van der Waals surface area contributed by atoms with Crippen molar-refractivity contribution in [1.82, 2.24) is 14.5 Å². The second-order valence-electron chi connectivity index (χ2n) is 6.17. The summed E-state index contributed by atoms with van der Waals surface area (Å²) in [6.45, 7) is 4.25. The Balaban J connectivity index is 1.61. The van der Waals surface area contributed by atoms with Gasteiger partial charge < -0.3 is 18.9 Å². The van der Waals surface area contributed by atoms with Crippen LogP contribution < -0.4 is 0 Å². The minimum absolute atomic E-state index is 0.0148. The molecule has 1 saturated carbocycles. The molecular weight excluding hydrogens is 282 g/mol. The number of nitrogens with zero attached hydrogens (tertiary/aromatic N) is 3. The Morgan fingerprint density at radius 3 is 2.86 bits per heavy atom. The minimum Gasteiger partial charge on any atom is -0.378 e. The maximum atomic E-state index is 12.4. The van der Waals surface area contributed by atoms with Crippen molar-refractivity contribution in [1.29, 1.82) is 0 Å². The summed E-state index contributed by atoms with van der Waals surface area (Å²) in [6.07, 6.45) is 6.75. The highest BCUT2D eigenvalue weighted by Crippen LogP contribution is 2.26. The highest BCUT2D eigenvalue weighted by Gasteiger charge is 2.30. The molecule has 3 rings (SSSR count). The Hall–Kier alpha value is -1.40. The van der Waals surface area contributed by atoms with Gasteiger partial charge in [0.15, 0.2) is 0 Å². The number of amides is 1. The molecule has 0 bridgehead atoms. The number of methoxy groups -OCH3 is 1. The minimum atomic E-state index is -0.0148. The SMILES string of the molecule is COCc1cnc2n1CCN(C(=O)COC1CCCC1)C2C. The highest BCUT2D eigenvalue weighted by molar-refractivity contribution is 5.78. The number of hydrogen-bond donors (Lipinski definition) is 0. The van der Waals surface area contributed by atoms with Crippen LogP contribution in [0.2, 0.25) is 0 Å². The first-order valence-electron chi connectivity index (χ1n) is 8.15. The molecule has 122 valence electrons. The van der Waals surface area contributed by atoms with E-state index >= 15 is 0 Å². The van der Waals surface area contributed by atoms with Gasteiger partial charge in [-0.15, -0.1) is 0 Å². The smallest absolute Gasteiger partial charge is 0.249 e. The second-order valence-corrected chi connectivity index (χ2v) is 6.17. The average molecular weight is 307 g/mol. The highest BCUT2D eigenvalue weighted by atomic mass is 16.5. The number of carbonyl (C=O) groups excluding carboxylic acids is 1. The number of aromatic nitrogens is 2. The molecule has 0 saturated heterocycles. The van der Waals surface area contributed by atoms with Crippen LogP contribution in [0.4, 0.5) is 0 Å². The molecule has 1 atom stereocenters. The van der Waals surface area contributed by atoms with E-state index in [1.165, 1.54) is 12.8 Å². The van der Waals surface area contributed by atoms with Crippen molar-refractivity contribution >= 4 is 5.91 Å². The van der Waals surface area contributed by atoms with Gasteiger partial charge in [-0.05, 0) is 19.8 Å². The van der Waals surface area contributed by atoms with Crippen LogP contribution in [-0.4, -0.2) is 46.7 Å². The molecule has 1 unspecified atom stereocenters. The lowest BCUT2D eigenvalue weighted by molar-refractivity contribution is -0.141. The summed E-state index contributed by atoms with van der Waals surface area (Å²) < 4.78 is 13.1. The number of ether oxygens (including phenoxy) is 2. The summed E-state index contributed by atoms with van der Waals surface area (Å²) in [5, 5.41) is 0. The first-order chi connectivity index (χ1) is 10.7. The predicted molar refractivity (Wildman–Crippen MR) is 81.3 cm³/mol. The van der Waals surface area contributed by atoms with Gasteiger partial charge in [0.2, 0.25) is 5.91 Å². The van der Waals surface area contributed by atoms with E-state index in [0.29, 0.717) is 13.2 Å². The molecule has 0 N–H and O–H groups in total. The van der Waals surface area contributed by atoms with E-state index in [4.69, 9.17) is 9.47 Å². The number of fused-ring (bicyclic) bond motifs is 1. The van der Waals surface area contributed by atoms with Crippen LogP contribution in [0.25, 0.3) is 0 Å². The lowest BCUT2D eigenvalue weighted by atomic mass is 10.2. The molecule has 0 radical (unpaired) electrons. The average Bonchev–Trinajstić information content (AvgIpc) is 3.16. The zero-order valence-electron chi connectivity index (χ0n) is 13.5. The van der Waals surface area contributed by atoms with Gasteiger partial charge in [-0.1, -0.05) is 12.8 Å². The summed E-state index contributed by atoms with van der Waals surface area (Å²) in [6, 6.07) is -0.0148. The fourth-order valence-electron chi connectivity index (χ4n) is 3.49. The van der Waals surface area contributed by atoms with Gasteiger partial charge in [-0.2, -0.15) is 0 Å². The van der Waals surface area contributed by atoms with E-state index in [-0.39, 0.29) is 24.7 Å². The van der Waals surface area contributed by atoms with Gasteiger partial charge in [0, 0.05) is 20.2 Å². The van der Waals surface area contributed by atoms with Crippen molar-refractivity contribution in [3.8, 4) is 0 Å². The zero-order valence-corrected chi connectivity index (χ0v) is 13.5. The molecule has 1 aliphatic heterocycles.